The molecule has 104 valence electrons. The number of carboxylic acid groups (broad SMARTS) is 1. The minimum atomic E-state index is -1.91. The van der Waals surface area contributed by atoms with E-state index in [4.69, 9.17) is 9.53 Å². The molecule has 2 atom stereocenters. The van der Waals surface area contributed by atoms with Crippen LogP contribution in [0, 0.1) is 0 Å². The fourth-order valence-corrected chi connectivity index (χ4v) is 3.21. The van der Waals surface area contributed by atoms with E-state index in [1.807, 2.05) is 0 Å². The first-order valence-corrected chi connectivity index (χ1v) is 9.12. The third-order valence-electron chi connectivity index (χ3n) is 3.98. The summed E-state index contributed by atoms with van der Waals surface area (Å²) in [5.74, 6) is 0. The maximum Gasteiger partial charge on any atom is 0.407 e. The van der Waals surface area contributed by atoms with E-state index in [-0.39, 0.29) is 11.1 Å². The molecule has 6 heteroatoms. The van der Waals surface area contributed by atoms with Gasteiger partial charge in [-0.15, -0.1) is 0 Å². The summed E-state index contributed by atoms with van der Waals surface area (Å²) in [6.07, 6.45) is -0.0311. The van der Waals surface area contributed by atoms with E-state index in [2.05, 4.69) is 33.9 Å². The van der Waals surface area contributed by atoms with E-state index >= 15 is 0 Å². The second-order valence-corrected chi connectivity index (χ2v) is 11.1. The average Bonchev–Trinajstić information content (AvgIpc) is 2.58. The zero-order valence-electron chi connectivity index (χ0n) is 11.8. The molecule has 1 aliphatic heterocycles. The van der Waals surface area contributed by atoms with Crippen molar-refractivity contribution in [2.75, 3.05) is 6.54 Å². The number of carbonyl (C=O) groups is 2. The minimum Gasteiger partial charge on any atom is -0.465 e. The first-order valence-electron chi connectivity index (χ1n) is 6.21. The number of rotatable bonds is 3. The van der Waals surface area contributed by atoms with Gasteiger partial charge in [0.2, 0.25) is 0 Å². The van der Waals surface area contributed by atoms with Gasteiger partial charge in [-0.05, 0) is 18.1 Å². The second-order valence-electron chi connectivity index (χ2n) is 6.37. The van der Waals surface area contributed by atoms with E-state index in [1.54, 1.807) is 0 Å². The average molecular weight is 273 g/mol. The van der Waals surface area contributed by atoms with Crippen LogP contribution in [0.15, 0.2) is 0 Å². The van der Waals surface area contributed by atoms with Crippen molar-refractivity contribution in [3.63, 3.8) is 0 Å². The number of nitrogens with zero attached hydrogens (tertiary/aromatic N) is 1. The molecule has 0 aliphatic carbocycles. The first-order chi connectivity index (χ1) is 8.08. The lowest BCUT2D eigenvalue weighted by atomic mass is 10.2. The molecule has 0 saturated carbocycles. The molecule has 5 nitrogen and oxygen atoms in total. The van der Waals surface area contributed by atoms with E-state index in [0.717, 1.165) is 0 Å². The van der Waals surface area contributed by atoms with Gasteiger partial charge in [0.1, 0.15) is 6.29 Å². The van der Waals surface area contributed by atoms with Gasteiger partial charge in [0.15, 0.2) is 8.32 Å². The molecule has 0 spiro atoms. The number of likely N-dealkylation sites (tertiary alicyclic amines) is 1. The molecule has 1 heterocycles. The fraction of sp³-hybridized carbons (Fsp3) is 0.833. The maximum atomic E-state index is 11.0. The number of amides is 1. The molecule has 1 rings (SSSR count). The quantitative estimate of drug-likeness (QED) is 0.633. The predicted molar refractivity (Wildman–Crippen MR) is 71.3 cm³/mol. The van der Waals surface area contributed by atoms with Crippen molar-refractivity contribution in [1.29, 1.82) is 0 Å². The molecule has 1 N–H and O–H groups in total. The lowest BCUT2D eigenvalue weighted by Gasteiger charge is -2.38. The van der Waals surface area contributed by atoms with E-state index in [9.17, 15) is 9.59 Å². The number of hydrogen-bond acceptors (Lipinski definition) is 3. The van der Waals surface area contributed by atoms with Crippen molar-refractivity contribution < 1.29 is 19.1 Å². The number of carbonyl (C=O) groups excluding carboxylic acids is 1. The normalized spacial score (nSPS) is 25.3. The van der Waals surface area contributed by atoms with Crippen molar-refractivity contribution >= 4 is 20.7 Å². The topological polar surface area (TPSA) is 66.8 Å². The first kappa shape index (κ1) is 15.2. The summed E-state index contributed by atoms with van der Waals surface area (Å²) in [6, 6.07) is -0.558. The van der Waals surface area contributed by atoms with Crippen molar-refractivity contribution in [1.82, 2.24) is 4.90 Å². The summed E-state index contributed by atoms with van der Waals surface area (Å²) in [7, 11) is -1.91. The molecule has 0 aromatic carbocycles. The van der Waals surface area contributed by atoms with Crippen LogP contribution in [-0.2, 0) is 9.22 Å². The summed E-state index contributed by atoms with van der Waals surface area (Å²) in [6.45, 7) is 11.0. The van der Waals surface area contributed by atoms with Crippen molar-refractivity contribution in [2.24, 2.45) is 0 Å². The van der Waals surface area contributed by atoms with Crippen LogP contribution in [0.2, 0.25) is 18.1 Å². The monoisotopic (exact) mass is 273 g/mol. The highest BCUT2D eigenvalue weighted by atomic mass is 28.4. The predicted octanol–water partition coefficient (Wildman–Crippen LogP) is 2.33. The Bertz CT molecular complexity index is 337. The van der Waals surface area contributed by atoms with Crippen LogP contribution >= 0.6 is 0 Å². The van der Waals surface area contributed by atoms with Crippen molar-refractivity contribution in [2.45, 2.75) is 57.5 Å². The highest BCUT2D eigenvalue weighted by Crippen LogP contribution is 2.38. The molecule has 1 aliphatic rings. The third-order valence-corrected chi connectivity index (χ3v) is 8.51. The van der Waals surface area contributed by atoms with Gasteiger partial charge < -0.3 is 14.3 Å². The van der Waals surface area contributed by atoms with E-state index in [1.165, 1.54) is 4.90 Å². The maximum absolute atomic E-state index is 11.0. The Kier molecular flexibility index (Phi) is 4.22. The standard InChI is InChI=1S/C12H23NO4Si/c1-12(2,3)18(4,5)17-10-6-9(8-14)13(7-10)11(15)16/h8-10H,6-7H2,1-5H3,(H,15,16)/t9-,10-/m1/s1. The molecule has 1 fully saturated rings. The molecule has 0 aromatic heterocycles. The Balaban J connectivity index is 2.72. The lowest BCUT2D eigenvalue weighted by Crippen LogP contribution is -2.44. The van der Waals surface area contributed by atoms with Gasteiger partial charge in [-0.25, -0.2) is 4.79 Å². The molecule has 1 amide bonds. The van der Waals surface area contributed by atoms with Crippen LogP contribution in [0.5, 0.6) is 0 Å². The molecular formula is C12H23NO4Si. The number of hydrogen-bond donors (Lipinski definition) is 1. The van der Waals surface area contributed by atoms with Crippen molar-refractivity contribution in [3.05, 3.63) is 0 Å². The Morgan fingerprint density at radius 1 is 1.44 bits per heavy atom. The summed E-state index contributed by atoms with van der Waals surface area (Å²) >= 11 is 0. The fourth-order valence-electron chi connectivity index (χ4n) is 1.85. The van der Waals surface area contributed by atoms with Crippen molar-refractivity contribution in [3.8, 4) is 0 Å². The number of aldehydes is 1. The molecule has 18 heavy (non-hydrogen) atoms. The molecule has 0 unspecified atom stereocenters. The Hall–Kier alpha value is -0.883. The summed E-state index contributed by atoms with van der Waals surface area (Å²) < 4.78 is 6.15. The second kappa shape index (κ2) is 5.01. The molecule has 0 aromatic rings. The van der Waals surface area contributed by atoms with Gasteiger partial charge in [0.05, 0.1) is 12.1 Å². The van der Waals surface area contributed by atoms with Crippen LogP contribution in [-0.4, -0.2) is 49.4 Å². The zero-order valence-corrected chi connectivity index (χ0v) is 12.8. The Labute approximate surface area is 109 Å². The highest BCUT2D eigenvalue weighted by Gasteiger charge is 2.43. The van der Waals surface area contributed by atoms with Crippen LogP contribution in [0.4, 0.5) is 4.79 Å². The van der Waals surface area contributed by atoms with E-state index < -0.39 is 20.5 Å². The van der Waals surface area contributed by atoms with Crippen LogP contribution in [0.3, 0.4) is 0 Å². The SMILES string of the molecule is CC(C)(C)[Si](C)(C)O[C@@H]1C[C@H](C=O)N(C(=O)O)C1. The molecule has 1 saturated heterocycles. The Morgan fingerprint density at radius 2 is 2.00 bits per heavy atom. The molecular weight excluding hydrogens is 250 g/mol. The minimum absolute atomic E-state index is 0.0836. The lowest BCUT2D eigenvalue weighted by molar-refractivity contribution is -0.111. The van der Waals surface area contributed by atoms with Gasteiger partial charge in [-0.2, -0.15) is 0 Å². The zero-order chi connectivity index (χ0) is 14.1. The summed E-state index contributed by atoms with van der Waals surface area (Å²) in [4.78, 5) is 23.1. The highest BCUT2D eigenvalue weighted by molar-refractivity contribution is 6.74. The largest absolute Gasteiger partial charge is 0.465 e. The van der Waals surface area contributed by atoms with E-state index in [0.29, 0.717) is 19.3 Å². The van der Waals surface area contributed by atoms with Gasteiger partial charge >= 0.3 is 6.09 Å². The van der Waals surface area contributed by atoms with Gasteiger partial charge in [-0.1, -0.05) is 20.8 Å². The van der Waals surface area contributed by atoms with Gasteiger partial charge in [-0.3, -0.25) is 4.90 Å². The van der Waals surface area contributed by atoms with Gasteiger partial charge in [0.25, 0.3) is 0 Å². The van der Waals surface area contributed by atoms with Gasteiger partial charge in [0, 0.05) is 13.0 Å². The third kappa shape index (κ3) is 3.11. The smallest absolute Gasteiger partial charge is 0.407 e. The summed E-state index contributed by atoms with van der Waals surface area (Å²) in [5, 5.41) is 9.10. The van der Waals surface area contributed by atoms with Crippen LogP contribution in [0.25, 0.3) is 0 Å². The molecule has 0 radical (unpaired) electrons. The summed E-state index contributed by atoms with van der Waals surface area (Å²) in [5.41, 5.74) is 0. The Morgan fingerprint density at radius 3 is 2.33 bits per heavy atom. The van der Waals surface area contributed by atoms with Crippen LogP contribution in [0.1, 0.15) is 27.2 Å². The van der Waals surface area contributed by atoms with Crippen LogP contribution < -0.4 is 0 Å². The molecule has 0 bridgehead atoms.